The Morgan fingerprint density at radius 2 is 1.59 bits per heavy atom. The van der Waals surface area contributed by atoms with Crippen molar-refractivity contribution in [3.63, 3.8) is 0 Å². The summed E-state index contributed by atoms with van der Waals surface area (Å²) in [6.07, 6.45) is 2.54. The van der Waals surface area contributed by atoms with Crippen molar-refractivity contribution in [1.82, 2.24) is 0 Å². The molecule has 2 unspecified atom stereocenters. The third-order valence-electron chi connectivity index (χ3n) is 10.0. The molecule has 41 heavy (non-hydrogen) atoms. The summed E-state index contributed by atoms with van der Waals surface area (Å²) in [6.45, 7) is 3.92. The van der Waals surface area contributed by atoms with E-state index in [0.29, 0.717) is 50.7 Å². The number of hydrogen-bond donors (Lipinski definition) is 0. The minimum atomic E-state index is -4.63. The molecule has 4 bridgehead atoms. The number of hydrogen-bond acceptors (Lipinski definition) is 5. The quantitative estimate of drug-likeness (QED) is 0.248. The Labute approximate surface area is 238 Å². The minimum absolute atomic E-state index is 0.0144. The van der Waals surface area contributed by atoms with Gasteiger partial charge in [-0.2, -0.15) is 13.2 Å². The Hall–Kier alpha value is -3.03. The van der Waals surface area contributed by atoms with Crippen molar-refractivity contribution in [1.29, 1.82) is 0 Å². The number of ether oxygens (including phenoxy) is 3. The number of para-hydroxylation sites is 1. The molecule has 5 nitrogen and oxygen atoms in total. The van der Waals surface area contributed by atoms with E-state index in [0.717, 1.165) is 25.3 Å². The molecule has 0 saturated heterocycles. The van der Waals surface area contributed by atoms with Crippen molar-refractivity contribution < 1.29 is 37.0 Å². The van der Waals surface area contributed by atoms with Crippen LogP contribution in [0, 0.1) is 23.2 Å². The van der Waals surface area contributed by atoms with Gasteiger partial charge in [0.15, 0.2) is 0 Å². The monoisotopic (exact) mass is 570 g/mol. The number of benzene rings is 2. The first-order chi connectivity index (χ1) is 19.4. The maximum absolute atomic E-state index is 14.0. The standard InChI is InChI=1S/C33H37F3O5/c1-21(2)32(12-6-7-13-32)40-27-15-24(10-11-26(27)33(34,35)36)28(37)41-31-18-22-14-23(19-31)17-30(16-22,20-31)29(38)39-25-8-4-3-5-9-25/h3-5,8-11,15,21-23H,6-7,12-14,16-20H2,1-2H3. The number of carbonyl (C=O) groups excluding carboxylic acids is 2. The Morgan fingerprint density at radius 1 is 0.927 bits per heavy atom. The van der Waals surface area contributed by atoms with Gasteiger partial charge in [-0.15, -0.1) is 0 Å². The van der Waals surface area contributed by atoms with Gasteiger partial charge < -0.3 is 14.2 Å². The Morgan fingerprint density at radius 3 is 2.20 bits per heavy atom. The van der Waals surface area contributed by atoms with Crippen LogP contribution >= 0.6 is 0 Å². The summed E-state index contributed by atoms with van der Waals surface area (Å²) in [7, 11) is 0. The van der Waals surface area contributed by atoms with Crippen molar-refractivity contribution in [2.24, 2.45) is 23.2 Å². The lowest BCUT2D eigenvalue weighted by molar-refractivity contribution is -0.189. The zero-order valence-electron chi connectivity index (χ0n) is 23.6. The lowest BCUT2D eigenvalue weighted by atomic mass is 9.48. The largest absolute Gasteiger partial charge is 0.486 e. The van der Waals surface area contributed by atoms with Crippen LogP contribution in [0.15, 0.2) is 48.5 Å². The van der Waals surface area contributed by atoms with E-state index >= 15 is 0 Å². The second-order valence-corrected chi connectivity index (χ2v) is 13.3. The molecule has 5 aliphatic rings. The summed E-state index contributed by atoms with van der Waals surface area (Å²) < 4.78 is 60.2. The first-order valence-corrected chi connectivity index (χ1v) is 14.8. The Balaban J connectivity index is 1.26. The molecular weight excluding hydrogens is 533 g/mol. The third-order valence-corrected chi connectivity index (χ3v) is 10.0. The van der Waals surface area contributed by atoms with Gasteiger partial charge in [-0.3, -0.25) is 4.79 Å². The van der Waals surface area contributed by atoms with Crippen LogP contribution in [0.5, 0.6) is 11.5 Å². The van der Waals surface area contributed by atoms with Gasteiger partial charge in [0, 0.05) is 6.42 Å². The fourth-order valence-corrected chi connectivity index (χ4v) is 8.45. The Bertz CT molecular complexity index is 1300. The molecule has 2 atom stereocenters. The summed E-state index contributed by atoms with van der Waals surface area (Å²) in [6, 6.07) is 12.3. The normalized spacial score (nSPS) is 29.9. The van der Waals surface area contributed by atoms with Gasteiger partial charge in [0.2, 0.25) is 0 Å². The molecule has 0 spiro atoms. The van der Waals surface area contributed by atoms with Crippen molar-refractivity contribution in [3.05, 3.63) is 59.7 Å². The summed E-state index contributed by atoms with van der Waals surface area (Å²) in [5.74, 6) is -0.338. The first kappa shape index (κ1) is 28.1. The van der Waals surface area contributed by atoms with Crippen LogP contribution in [-0.2, 0) is 15.7 Å². The molecule has 0 radical (unpaired) electrons. The predicted octanol–water partition coefficient (Wildman–Crippen LogP) is 8.15. The molecule has 8 heteroatoms. The number of rotatable bonds is 7. The maximum Gasteiger partial charge on any atom is 0.419 e. The molecule has 2 aromatic rings. The van der Waals surface area contributed by atoms with E-state index in [9.17, 15) is 22.8 Å². The van der Waals surface area contributed by atoms with Gasteiger partial charge in [-0.05, 0) is 106 Å². The Kier molecular flexibility index (Phi) is 6.89. The fourth-order valence-electron chi connectivity index (χ4n) is 8.45. The van der Waals surface area contributed by atoms with E-state index in [-0.39, 0.29) is 35.0 Å². The molecule has 5 fully saturated rings. The molecule has 0 aromatic heterocycles. The van der Waals surface area contributed by atoms with Gasteiger partial charge in [-0.25, -0.2) is 4.79 Å². The van der Waals surface area contributed by atoms with Crippen LogP contribution in [-0.4, -0.2) is 23.1 Å². The summed E-state index contributed by atoms with van der Waals surface area (Å²) in [4.78, 5) is 27.1. The van der Waals surface area contributed by atoms with E-state index in [1.165, 1.54) is 12.1 Å². The molecule has 0 heterocycles. The van der Waals surface area contributed by atoms with Crippen molar-refractivity contribution in [2.45, 2.75) is 95.4 Å². The summed E-state index contributed by atoms with van der Waals surface area (Å²) in [5, 5.41) is 0. The van der Waals surface area contributed by atoms with E-state index in [1.807, 2.05) is 32.0 Å². The van der Waals surface area contributed by atoms with Crippen LogP contribution in [0.2, 0.25) is 0 Å². The van der Waals surface area contributed by atoms with Crippen LogP contribution in [0.1, 0.15) is 94.0 Å². The van der Waals surface area contributed by atoms with E-state index in [4.69, 9.17) is 14.2 Å². The number of alkyl halides is 3. The van der Waals surface area contributed by atoms with E-state index < -0.39 is 34.3 Å². The molecule has 0 amide bonds. The van der Waals surface area contributed by atoms with Crippen LogP contribution < -0.4 is 9.47 Å². The maximum atomic E-state index is 14.0. The predicted molar refractivity (Wildman–Crippen MR) is 145 cm³/mol. The molecule has 2 aromatic carbocycles. The molecule has 5 aliphatic carbocycles. The van der Waals surface area contributed by atoms with Crippen molar-refractivity contribution in [2.75, 3.05) is 0 Å². The smallest absolute Gasteiger partial charge is 0.419 e. The molecule has 0 aliphatic heterocycles. The number of halogens is 3. The second kappa shape index (κ2) is 10.1. The van der Waals surface area contributed by atoms with Gasteiger partial charge in [0.05, 0.1) is 16.5 Å². The average Bonchev–Trinajstić information content (AvgIpc) is 3.37. The van der Waals surface area contributed by atoms with E-state index in [2.05, 4.69) is 0 Å². The first-order valence-electron chi connectivity index (χ1n) is 14.8. The molecular formula is C33H37F3O5. The lowest BCUT2D eigenvalue weighted by Crippen LogP contribution is -2.60. The van der Waals surface area contributed by atoms with Gasteiger partial charge in [0.25, 0.3) is 0 Å². The fraction of sp³-hybridized carbons (Fsp3) is 0.576. The van der Waals surface area contributed by atoms with Crippen LogP contribution in [0.25, 0.3) is 0 Å². The average molecular weight is 571 g/mol. The topological polar surface area (TPSA) is 61.8 Å². The highest BCUT2D eigenvalue weighted by Gasteiger charge is 2.63. The van der Waals surface area contributed by atoms with Gasteiger partial charge in [-0.1, -0.05) is 32.0 Å². The third kappa shape index (κ3) is 5.23. The molecule has 5 saturated carbocycles. The van der Waals surface area contributed by atoms with Crippen LogP contribution in [0.3, 0.4) is 0 Å². The lowest BCUT2D eigenvalue weighted by Gasteiger charge is -2.59. The minimum Gasteiger partial charge on any atom is -0.486 e. The van der Waals surface area contributed by atoms with Crippen molar-refractivity contribution in [3.8, 4) is 11.5 Å². The zero-order chi connectivity index (χ0) is 29.0. The highest BCUT2D eigenvalue weighted by Crippen LogP contribution is 2.63. The van der Waals surface area contributed by atoms with Gasteiger partial charge >= 0.3 is 18.1 Å². The molecule has 0 N–H and O–H groups in total. The summed E-state index contributed by atoms with van der Waals surface area (Å²) in [5.41, 5.74) is -3.14. The van der Waals surface area contributed by atoms with Crippen LogP contribution in [0.4, 0.5) is 13.2 Å². The van der Waals surface area contributed by atoms with Gasteiger partial charge in [0.1, 0.15) is 22.7 Å². The SMILES string of the molecule is CC(C)C1(Oc2cc(C(=O)OC34CC5CC(C3)CC(C(=O)Oc3ccccc3)(C5)C4)ccc2C(F)(F)F)CCCC1. The van der Waals surface area contributed by atoms with Crippen molar-refractivity contribution >= 4 is 11.9 Å². The zero-order valence-corrected chi connectivity index (χ0v) is 23.6. The number of carbonyl (C=O) groups is 2. The molecule has 7 rings (SSSR count). The summed E-state index contributed by atoms with van der Waals surface area (Å²) >= 11 is 0. The van der Waals surface area contributed by atoms with E-state index in [1.54, 1.807) is 12.1 Å². The number of esters is 2. The molecule has 220 valence electrons. The second-order valence-electron chi connectivity index (χ2n) is 13.3. The highest BCUT2D eigenvalue weighted by atomic mass is 19.4. The highest BCUT2D eigenvalue weighted by molar-refractivity contribution is 5.90.